The molecule has 0 amide bonds. The molecule has 3 aromatic carbocycles. The van der Waals surface area contributed by atoms with Crippen molar-refractivity contribution in [3.05, 3.63) is 82.9 Å². The van der Waals surface area contributed by atoms with Crippen LogP contribution in [0.2, 0.25) is 5.02 Å². The number of methoxy groups -OCH3 is 2. The highest BCUT2D eigenvalue weighted by atomic mass is 35.5. The zero-order chi connectivity index (χ0) is 23.5. The molecule has 5 rings (SSSR count). The van der Waals surface area contributed by atoms with Gasteiger partial charge in [0.15, 0.2) is 23.4 Å². The summed E-state index contributed by atoms with van der Waals surface area (Å²) < 4.78 is 17.2. The minimum atomic E-state index is -0.594. The van der Waals surface area contributed by atoms with Gasteiger partial charge in [0, 0.05) is 22.6 Å². The molecule has 0 unspecified atom stereocenters. The molecule has 0 spiro atoms. The molecule has 0 bridgehead atoms. The number of hydrogen-bond donors (Lipinski definition) is 1. The third kappa shape index (κ3) is 4.47. The molecule has 1 aliphatic heterocycles. The normalized spacial score (nSPS) is 14.1. The number of halogens is 1. The lowest BCUT2D eigenvalue weighted by Crippen LogP contribution is -2.17. The fraction of sp³-hybridized carbons (Fsp3) is 0.160. The Morgan fingerprint density at radius 3 is 2.59 bits per heavy atom. The van der Waals surface area contributed by atoms with E-state index >= 15 is 0 Å². The first-order valence-electron chi connectivity index (χ1n) is 10.5. The highest BCUT2D eigenvalue weighted by molar-refractivity contribution is 7.98. The predicted molar refractivity (Wildman–Crippen MR) is 133 cm³/mol. The van der Waals surface area contributed by atoms with Gasteiger partial charge in [-0.25, -0.2) is 0 Å². The van der Waals surface area contributed by atoms with Crippen molar-refractivity contribution in [1.82, 2.24) is 15.2 Å². The summed E-state index contributed by atoms with van der Waals surface area (Å²) in [6, 6.07) is 21.6. The average Bonchev–Trinajstić information content (AvgIpc) is 3.04. The van der Waals surface area contributed by atoms with Gasteiger partial charge in [0.25, 0.3) is 0 Å². The Kier molecular flexibility index (Phi) is 6.42. The van der Waals surface area contributed by atoms with E-state index in [4.69, 9.17) is 30.8 Å². The lowest BCUT2D eigenvalue weighted by Gasteiger charge is -2.21. The van der Waals surface area contributed by atoms with Crippen LogP contribution in [0, 0.1) is 0 Å². The fourth-order valence-electron chi connectivity index (χ4n) is 3.67. The zero-order valence-electron chi connectivity index (χ0n) is 18.5. The molecule has 1 aliphatic rings. The molecule has 34 heavy (non-hydrogen) atoms. The van der Waals surface area contributed by atoms with Gasteiger partial charge in [-0.2, -0.15) is 4.98 Å². The lowest BCUT2D eigenvalue weighted by molar-refractivity contribution is 0.224. The van der Waals surface area contributed by atoms with Crippen molar-refractivity contribution in [2.45, 2.75) is 17.1 Å². The van der Waals surface area contributed by atoms with Crippen LogP contribution in [0.15, 0.2) is 71.9 Å². The van der Waals surface area contributed by atoms with Crippen LogP contribution in [-0.2, 0) is 5.75 Å². The Labute approximate surface area is 206 Å². The summed E-state index contributed by atoms with van der Waals surface area (Å²) in [5, 5.41) is 13.2. The highest BCUT2D eigenvalue weighted by Crippen LogP contribution is 2.43. The van der Waals surface area contributed by atoms with E-state index in [1.807, 2.05) is 48.5 Å². The van der Waals surface area contributed by atoms with Gasteiger partial charge in [-0.15, -0.1) is 10.2 Å². The Balaban J connectivity index is 1.52. The van der Waals surface area contributed by atoms with E-state index in [9.17, 15) is 0 Å². The number of hydrogen-bond acceptors (Lipinski definition) is 8. The summed E-state index contributed by atoms with van der Waals surface area (Å²) >= 11 is 7.97. The smallest absolute Gasteiger partial charge is 0.247 e. The molecule has 1 aromatic heterocycles. The summed E-state index contributed by atoms with van der Waals surface area (Å²) in [6.07, 6.45) is -0.594. The number of nitrogens with zero attached hydrogens (tertiary/aromatic N) is 3. The van der Waals surface area contributed by atoms with Crippen LogP contribution in [0.4, 0.5) is 5.69 Å². The number of aromatic nitrogens is 3. The average molecular weight is 493 g/mol. The Morgan fingerprint density at radius 2 is 1.79 bits per heavy atom. The summed E-state index contributed by atoms with van der Waals surface area (Å²) in [5.74, 6) is 2.09. The number of anilines is 1. The predicted octanol–water partition coefficient (Wildman–Crippen LogP) is 6.00. The second kappa shape index (κ2) is 9.79. The van der Waals surface area contributed by atoms with E-state index in [2.05, 4.69) is 27.6 Å². The van der Waals surface area contributed by atoms with Gasteiger partial charge in [-0.1, -0.05) is 71.9 Å². The molecule has 7 nitrogen and oxygen atoms in total. The van der Waals surface area contributed by atoms with Crippen molar-refractivity contribution in [3.8, 4) is 28.6 Å². The van der Waals surface area contributed by atoms with Gasteiger partial charge in [0.05, 0.1) is 19.2 Å². The van der Waals surface area contributed by atoms with Gasteiger partial charge in [-0.3, -0.25) is 0 Å². The number of fused-ring (bicyclic) bond motifs is 3. The Morgan fingerprint density at radius 1 is 1.00 bits per heavy atom. The Hall–Kier alpha value is -3.49. The second-order valence-corrected chi connectivity index (χ2v) is 8.80. The van der Waals surface area contributed by atoms with E-state index in [1.165, 1.54) is 17.3 Å². The van der Waals surface area contributed by atoms with Crippen LogP contribution >= 0.6 is 23.4 Å². The quantitative estimate of drug-likeness (QED) is 0.328. The van der Waals surface area contributed by atoms with E-state index in [0.29, 0.717) is 33.3 Å². The van der Waals surface area contributed by atoms with Crippen molar-refractivity contribution in [1.29, 1.82) is 0 Å². The molecule has 0 aliphatic carbocycles. The van der Waals surface area contributed by atoms with Crippen LogP contribution in [0.25, 0.3) is 11.3 Å². The van der Waals surface area contributed by atoms with Gasteiger partial charge in [-0.05, 0) is 23.8 Å². The molecular formula is C25H21ClN4O3S. The summed E-state index contributed by atoms with van der Waals surface area (Å²) in [6.45, 7) is 0. The molecule has 0 radical (unpaired) electrons. The van der Waals surface area contributed by atoms with E-state index in [0.717, 1.165) is 22.6 Å². The number of benzene rings is 3. The first-order valence-corrected chi connectivity index (χ1v) is 11.9. The molecule has 0 saturated carbocycles. The minimum Gasteiger partial charge on any atom is -0.493 e. The molecule has 0 saturated heterocycles. The molecule has 0 fully saturated rings. The van der Waals surface area contributed by atoms with Crippen molar-refractivity contribution >= 4 is 29.1 Å². The molecule has 2 heterocycles. The van der Waals surface area contributed by atoms with Gasteiger partial charge in [0.2, 0.25) is 11.0 Å². The molecule has 1 atom stereocenters. The summed E-state index contributed by atoms with van der Waals surface area (Å²) in [4.78, 5) is 4.70. The maximum absolute atomic E-state index is 6.47. The van der Waals surface area contributed by atoms with Crippen molar-refractivity contribution in [2.75, 3.05) is 19.5 Å². The van der Waals surface area contributed by atoms with Crippen LogP contribution < -0.4 is 19.5 Å². The largest absolute Gasteiger partial charge is 0.493 e. The monoisotopic (exact) mass is 492 g/mol. The van der Waals surface area contributed by atoms with E-state index in [-0.39, 0.29) is 0 Å². The molecule has 1 N–H and O–H groups in total. The second-order valence-electron chi connectivity index (χ2n) is 7.45. The van der Waals surface area contributed by atoms with Gasteiger partial charge < -0.3 is 19.5 Å². The Bertz CT molecular complexity index is 1320. The number of nitrogens with one attached hydrogen (secondary N) is 1. The summed E-state index contributed by atoms with van der Waals surface area (Å²) in [7, 11) is 3.12. The molecule has 172 valence electrons. The third-order valence-corrected chi connectivity index (χ3v) is 6.49. The SMILES string of the molecule is COc1cc([C@@H]2Nc3ccccc3-c3nnc(SCc4ccccc4)nc3O2)cc(Cl)c1OC. The topological polar surface area (TPSA) is 78.4 Å². The van der Waals surface area contributed by atoms with E-state index < -0.39 is 6.23 Å². The number of rotatable bonds is 6. The standard InChI is InChI=1S/C25H21ClN4O3S/c1-31-20-13-16(12-18(26)22(20)32-2)23-27-19-11-7-6-10-17(19)21-24(33-23)28-25(30-29-21)34-14-15-8-4-3-5-9-15/h3-13,23,27H,14H2,1-2H3/t23-/m1/s1. The summed E-state index contributed by atoms with van der Waals surface area (Å²) in [5.41, 5.74) is 4.20. The molecule has 9 heteroatoms. The number of ether oxygens (including phenoxy) is 3. The van der Waals surface area contributed by atoms with Crippen LogP contribution in [0.5, 0.6) is 17.4 Å². The first kappa shape index (κ1) is 22.3. The van der Waals surface area contributed by atoms with Crippen molar-refractivity contribution in [2.24, 2.45) is 0 Å². The van der Waals surface area contributed by atoms with Crippen LogP contribution in [-0.4, -0.2) is 29.4 Å². The van der Waals surface area contributed by atoms with Gasteiger partial charge in [0.1, 0.15) is 0 Å². The number of para-hydroxylation sites is 1. The molecular weight excluding hydrogens is 472 g/mol. The minimum absolute atomic E-state index is 0.388. The third-order valence-electron chi connectivity index (χ3n) is 5.30. The highest BCUT2D eigenvalue weighted by Gasteiger charge is 2.27. The van der Waals surface area contributed by atoms with Crippen LogP contribution in [0.3, 0.4) is 0 Å². The first-order chi connectivity index (χ1) is 16.7. The fourth-order valence-corrected chi connectivity index (χ4v) is 4.70. The lowest BCUT2D eigenvalue weighted by atomic mass is 10.1. The number of thioether (sulfide) groups is 1. The van der Waals surface area contributed by atoms with Crippen molar-refractivity contribution < 1.29 is 14.2 Å². The molecule has 4 aromatic rings. The zero-order valence-corrected chi connectivity index (χ0v) is 20.1. The van der Waals surface area contributed by atoms with Gasteiger partial charge >= 0.3 is 0 Å². The van der Waals surface area contributed by atoms with Crippen LogP contribution in [0.1, 0.15) is 17.4 Å². The van der Waals surface area contributed by atoms with E-state index in [1.54, 1.807) is 20.3 Å². The maximum Gasteiger partial charge on any atom is 0.247 e. The van der Waals surface area contributed by atoms with Crippen molar-refractivity contribution in [3.63, 3.8) is 0 Å². The maximum atomic E-state index is 6.47.